The third-order valence-corrected chi connectivity index (χ3v) is 5.79. The molecule has 3 aromatic rings. The van der Waals surface area contributed by atoms with Gasteiger partial charge in [-0.15, -0.1) is 0 Å². The molecule has 124 valence electrons. The van der Waals surface area contributed by atoms with Crippen molar-refractivity contribution in [1.29, 1.82) is 0 Å². The first-order valence-electron chi connectivity index (χ1n) is 7.88. The van der Waals surface area contributed by atoms with Gasteiger partial charge in [-0.2, -0.15) is 0 Å². The molecule has 0 unspecified atom stereocenters. The number of benzene rings is 3. The van der Waals surface area contributed by atoms with Crippen molar-refractivity contribution in [2.24, 2.45) is 0 Å². The lowest BCUT2D eigenvalue weighted by Crippen LogP contribution is -2.16. The topological polar surface area (TPSA) is 46.2 Å². The minimum Gasteiger partial charge on any atom is -0.279 e. The second-order valence-corrected chi connectivity index (χ2v) is 7.99. The maximum Gasteiger partial charge on any atom is 0.262 e. The molecule has 1 N–H and O–H groups in total. The lowest BCUT2D eigenvalue weighted by atomic mass is 10.1. The lowest BCUT2D eigenvalue weighted by molar-refractivity contribution is 0.600. The van der Waals surface area contributed by atoms with Gasteiger partial charge in [-0.05, 0) is 55.8 Å². The number of sulfonamides is 1. The molecule has 0 atom stereocenters. The fourth-order valence-electron chi connectivity index (χ4n) is 3.33. The van der Waals surface area contributed by atoms with Crippen LogP contribution < -0.4 is 4.72 Å². The van der Waals surface area contributed by atoms with E-state index in [1.807, 2.05) is 70.2 Å². The minimum absolute atomic E-state index is 0.360. The van der Waals surface area contributed by atoms with Gasteiger partial charge < -0.3 is 0 Å². The Morgan fingerprint density at radius 2 is 1.38 bits per heavy atom. The molecule has 24 heavy (non-hydrogen) atoms. The van der Waals surface area contributed by atoms with Crippen molar-refractivity contribution in [2.45, 2.75) is 32.6 Å². The van der Waals surface area contributed by atoms with E-state index in [0.717, 1.165) is 33.0 Å². The van der Waals surface area contributed by atoms with Crippen LogP contribution in [-0.4, -0.2) is 8.42 Å². The number of hydrogen-bond acceptors (Lipinski definition) is 2. The van der Waals surface area contributed by atoms with E-state index in [2.05, 4.69) is 10.8 Å². The van der Waals surface area contributed by atoms with Gasteiger partial charge in [0.05, 0.1) is 10.6 Å². The van der Waals surface area contributed by atoms with E-state index < -0.39 is 10.0 Å². The number of nitrogens with one attached hydrogen (secondary N) is 1. The molecule has 0 heterocycles. The molecule has 0 saturated carbocycles. The highest BCUT2D eigenvalue weighted by atomic mass is 32.2. The minimum atomic E-state index is -3.65. The largest absolute Gasteiger partial charge is 0.279 e. The van der Waals surface area contributed by atoms with Gasteiger partial charge in [0.1, 0.15) is 0 Å². The van der Waals surface area contributed by atoms with Crippen LogP contribution in [0.5, 0.6) is 0 Å². The number of anilines is 1. The second kappa shape index (κ2) is 5.95. The lowest BCUT2D eigenvalue weighted by Gasteiger charge is -2.16. The fraction of sp³-hybridized carbons (Fsp3) is 0.200. The summed E-state index contributed by atoms with van der Waals surface area (Å²) in [7, 11) is -3.65. The highest BCUT2D eigenvalue weighted by Gasteiger charge is 2.21. The molecule has 0 bridgehead atoms. The average Bonchev–Trinajstić information content (AvgIpc) is 2.45. The van der Waals surface area contributed by atoms with Crippen molar-refractivity contribution in [3.8, 4) is 0 Å². The molecular formula is C20H21NO2S. The van der Waals surface area contributed by atoms with Crippen molar-refractivity contribution < 1.29 is 8.42 Å². The third-order valence-electron chi connectivity index (χ3n) is 4.12. The normalized spacial score (nSPS) is 11.7. The quantitative estimate of drug-likeness (QED) is 0.739. The molecule has 4 heteroatoms. The molecule has 0 spiro atoms. The van der Waals surface area contributed by atoms with Crippen molar-refractivity contribution in [2.75, 3.05) is 4.72 Å². The first-order valence-corrected chi connectivity index (χ1v) is 9.36. The van der Waals surface area contributed by atoms with Crippen LogP contribution in [-0.2, 0) is 10.0 Å². The Labute approximate surface area is 143 Å². The van der Waals surface area contributed by atoms with Crippen LogP contribution in [0.15, 0.2) is 53.4 Å². The van der Waals surface area contributed by atoms with E-state index in [0.29, 0.717) is 10.6 Å². The van der Waals surface area contributed by atoms with Gasteiger partial charge in [0, 0.05) is 5.39 Å². The zero-order chi connectivity index (χ0) is 17.5. The van der Waals surface area contributed by atoms with Crippen LogP contribution >= 0.6 is 0 Å². The van der Waals surface area contributed by atoms with Crippen molar-refractivity contribution in [3.63, 3.8) is 0 Å². The van der Waals surface area contributed by atoms with Crippen molar-refractivity contribution >= 4 is 26.5 Å². The van der Waals surface area contributed by atoms with Crippen LogP contribution in [0.25, 0.3) is 10.8 Å². The summed E-state index contributed by atoms with van der Waals surface area (Å²) in [4.78, 5) is 0.360. The van der Waals surface area contributed by atoms with Gasteiger partial charge in [-0.3, -0.25) is 4.72 Å². The van der Waals surface area contributed by atoms with Gasteiger partial charge in [0.25, 0.3) is 10.0 Å². The van der Waals surface area contributed by atoms with Crippen molar-refractivity contribution in [1.82, 2.24) is 0 Å². The smallest absolute Gasteiger partial charge is 0.262 e. The van der Waals surface area contributed by atoms with Crippen molar-refractivity contribution in [3.05, 3.63) is 70.8 Å². The zero-order valence-electron chi connectivity index (χ0n) is 14.3. The summed E-state index contributed by atoms with van der Waals surface area (Å²) in [5, 5.41) is 1.92. The number of fused-ring (bicyclic) bond motifs is 1. The Morgan fingerprint density at radius 3 is 2.04 bits per heavy atom. The number of hydrogen-bond donors (Lipinski definition) is 1. The fourth-order valence-corrected chi connectivity index (χ4v) is 4.86. The maximum absolute atomic E-state index is 13.0. The van der Waals surface area contributed by atoms with E-state index in [9.17, 15) is 8.42 Å². The van der Waals surface area contributed by atoms with Crippen LogP contribution in [0.4, 0.5) is 5.69 Å². The molecule has 0 aliphatic heterocycles. The van der Waals surface area contributed by atoms with E-state index in [-0.39, 0.29) is 0 Å². The molecule has 0 fully saturated rings. The van der Waals surface area contributed by atoms with Crippen LogP contribution in [0.1, 0.15) is 22.3 Å². The van der Waals surface area contributed by atoms with E-state index >= 15 is 0 Å². The summed E-state index contributed by atoms with van der Waals surface area (Å²) < 4.78 is 28.8. The summed E-state index contributed by atoms with van der Waals surface area (Å²) in [6.45, 7) is 7.61. The second-order valence-electron chi connectivity index (χ2n) is 6.37. The molecule has 0 amide bonds. The van der Waals surface area contributed by atoms with E-state index in [1.165, 1.54) is 0 Å². The predicted octanol–water partition coefficient (Wildman–Crippen LogP) is 4.87. The van der Waals surface area contributed by atoms with Gasteiger partial charge in [-0.1, -0.05) is 48.0 Å². The average molecular weight is 339 g/mol. The van der Waals surface area contributed by atoms with Crippen LogP contribution in [0, 0.1) is 27.7 Å². The highest BCUT2D eigenvalue weighted by Crippen LogP contribution is 2.29. The molecular weight excluding hydrogens is 318 g/mol. The molecule has 0 aliphatic rings. The Bertz CT molecular complexity index is 1010. The standard InChI is InChI=1S/C20H21NO2S/c1-13-9-15(3)20(16(4)10-13)24(22,23)21-19-12-14(2)11-17-7-5-6-8-18(17)19/h5-12,21H,1-4H3. The zero-order valence-corrected chi connectivity index (χ0v) is 15.2. The van der Waals surface area contributed by atoms with E-state index in [1.54, 1.807) is 0 Å². The SMILES string of the molecule is Cc1cc(C)c(S(=O)(=O)Nc2cc(C)cc3ccccc23)c(C)c1. The summed E-state index contributed by atoms with van der Waals surface area (Å²) in [5.41, 5.74) is 4.22. The van der Waals surface area contributed by atoms with E-state index in [4.69, 9.17) is 0 Å². The number of aryl methyl sites for hydroxylation is 4. The molecule has 3 rings (SSSR count). The summed E-state index contributed by atoms with van der Waals surface area (Å²) in [6, 6.07) is 15.5. The first kappa shape index (κ1) is 16.5. The van der Waals surface area contributed by atoms with Gasteiger partial charge in [0.2, 0.25) is 0 Å². The van der Waals surface area contributed by atoms with Gasteiger partial charge in [-0.25, -0.2) is 8.42 Å². The molecule has 0 saturated heterocycles. The molecule has 3 aromatic carbocycles. The maximum atomic E-state index is 13.0. The predicted molar refractivity (Wildman–Crippen MR) is 100 cm³/mol. The van der Waals surface area contributed by atoms with Crippen LogP contribution in [0.3, 0.4) is 0 Å². The Balaban J connectivity index is 2.15. The molecule has 0 radical (unpaired) electrons. The highest BCUT2D eigenvalue weighted by molar-refractivity contribution is 7.92. The first-order chi connectivity index (χ1) is 11.3. The third kappa shape index (κ3) is 3.02. The summed E-state index contributed by atoms with van der Waals surface area (Å²) in [5.74, 6) is 0. The molecule has 0 aromatic heterocycles. The van der Waals surface area contributed by atoms with Gasteiger partial charge in [0.15, 0.2) is 0 Å². The Morgan fingerprint density at radius 1 is 0.792 bits per heavy atom. The monoisotopic (exact) mass is 339 g/mol. The molecule has 0 aliphatic carbocycles. The Hall–Kier alpha value is -2.33. The summed E-state index contributed by atoms with van der Waals surface area (Å²) >= 11 is 0. The number of rotatable bonds is 3. The molecule has 3 nitrogen and oxygen atoms in total. The van der Waals surface area contributed by atoms with Crippen LogP contribution in [0.2, 0.25) is 0 Å². The van der Waals surface area contributed by atoms with Gasteiger partial charge >= 0.3 is 0 Å². The summed E-state index contributed by atoms with van der Waals surface area (Å²) in [6.07, 6.45) is 0. The Kier molecular flexibility index (Phi) is 4.10.